The summed E-state index contributed by atoms with van der Waals surface area (Å²) in [6.45, 7) is 0.916. The van der Waals surface area contributed by atoms with Crippen LogP contribution >= 0.6 is 24.0 Å². The first kappa shape index (κ1) is 12.5. The second-order valence-corrected chi connectivity index (χ2v) is 3.94. The van der Waals surface area contributed by atoms with Crippen molar-refractivity contribution in [3.8, 4) is 0 Å². The molecule has 0 amide bonds. The predicted molar refractivity (Wildman–Crippen MR) is 63.7 cm³/mol. The Morgan fingerprint density at radius 3 is 2.53 bits per heavy atom. The van der Waals surface area contributed by atoms with Crippen molar-refractivity contribution in [3.63, 3.8) is 0 Å². The number of piperidine rings is 1. The minimum atomic E-state index is -0.124. The number of carbonyl (C=O) groups excluding carboxylic acids is 1. The minimum Gasteiger partial charge on any atom is -0.304 e. The number of rotatable bonds is 1. The number of ketones is 1. The molecule has 82 valence electrons. The van der Waals surface area contributed by atoms with Crippen LogP contribution in [0.1, 0.15) is 24.4 Å². The van der Waals surface area contributed by atoms with Crippen LogP contribution in [0.25, 0.3) is 0 Å². The SMILES string of the molecule is Cl.O=C1CCCNC1c1ccc(Cl)cc1. The van der Waals surface area contributed by atoms with E-state index in [1.165, 1.54) is 0 Å². The summed E-state index contributed by atoms with van der Waals surface area (Å²) < 4.78 is 0. The van der Waals surface area contributed by atoms with Gasteiger partial charge in [-0.15, -0.1) is 12.4 Å². The van der Waals surface area contributed by atoms with Gasteiger partial charge in [-0.05, 0) is 30.7 Å². The zero-order chi connectivity index (χ0) is 9.97. The lowest BCUT2D eigenvalue weighted by Crippen LogP contribution is -2.34. The Hall–Kier alpha value is -0.570. The van der Waals surface area contributed by atoms with Gasteiger partial charge in [-0.1, -0.05) is 23.7 Å². The molecule has 1 atom stereocenters. The molecule has 1 aliphatic heterocycles. The minimum absolute atomic E-state index is 0. The van der Waals surface area contributed by atoms with Crippen molar-refractivity contribution in [1.82, 2.24) is 5.32 Å². The summed E-state index contributed by atoms with van der Waals surface area (Å²) in [5.74, 6) is 0.276. The molecule has 1 heterocycles. The van der Waals surface area contributed by atoms with E-state index in [1.807, 2.05) is 24.3 Å². The van der Waals surface area contributed by atoms with Crippen LogP contribution in [0.15, 0.2) is 24.3 Å². The van der Waals surface area contributed by atoms with E-state index in [9.17, 15) is 4.79 Å². The van der Waals surface area contributed by atoms with Gasteiger partial charge >= 0.3 is 0 Å². The number of hydrogen-bond donors (Lipinski definition) is 1. The second-order valence-electron chi connectivity index (χ2n) is 3.51. The molecule has 1 fully saturated rings. The molecular formula is C11H13Cl2NO. The van der Waals surface area contributed by atoms with E-state index < -0.39 is 0 Å². The van der Waals surface area contributed by atoms with Crippen molar-refractivity contribution in [2.75, 3.05) is 6.54 Å². The zero-order valence-corrected chi connectivity index (χ0v) is 9.77. The molecule has 2 rings (SSSR count). The van der Waals surface area contributed by atoms with Crippen molar-refractivity contribution in [1.29, 1.82) is 0 Å². The van der Waals surface area contributed by atoms with Crippen LogP contribution in [0.5, 0.6) is 0 Å². The lowest BCUT2D eigenvalue weighted by molar-refractivity contribution is -0.122. The molecule has 0 radical (unpaired) electrons. The Balaban J connectivity index is 0.00000112. The van der Waals surface area contributed by atoms with Crippen molar-refractivity contribution in [3.05, 3.63) is 34.9 Å². The van der Waals surface area contributed by atoms with E-state index in [4.69, 9.17) is 11.6 Å². The van der Waals surface area contributed by atoms with Crippen LogP contribution < -0.4 is 5.32 Å². The molecule has 1 aliphatic rings. The van der Waals surface area contributed by atoms with E-state index in [0.29, 0.717) is 11.4 Å². The van der Waals surface area contributed by atoms with Gasteiger partial charge in [0.2, 0.25) is 0 Å². The van der Waals surface area contributed by atoms with Gasteiger partial charge in [0.1, 0.15) is 0 Å². The topological polar surface area (TPSA) is 29.1 Å². The highest BCUT2D eigenvalue weighted by Gasteiger charge is 2.22. The summed E-state index contributed by atoms with van der Waals surface area (Å²) in [6.07, 6.45) is 1.63. The molecule has 2 nitrogen and oxygen atoms in total. The quantitative estimate of drug-likeness (QED) is 0.825. The van der Waals surface area contributed by atoms with Crippen LogP contribution in [0.3, 0.4) is 0 Å². The molecule has 1 aromatic carbocycles. The van der Waals surface area contributed by atoms with Crippen LogP contribution in [-0.2, 0) is 4.79 Å². The van der Waals surface area contributed by atoms with Gasteiger partial charge in [-0.25, -0.2) is 0 Å². The molecule has 0 aromatic heterocycles. The standard InChI is InChI=1S/C11H12ClNO.ClH/c12-9-5-3-8(4-6-9)11-10(14)2-1-7-13-11;/h3-6,11,13H,1-2,7H2;1H. The summed E-state index contributed by atoms with van der Waals surface area (Å²) in [7, 11) is 0. The number of Topliss-reactive ketones (excluding diaryl/α,β-unsaturated/α-hetero) is 1. The highest BCUT2D eigenvalue weighted by molar-refractivity contribution is 6.30. The summed E-state index contributed by atoms with van der Waals surface area (Å²) >= 11 is 5.78. The summed E-state index contributed by atoms with van der Waals surface area (Å²) in [5.41, 5.74) is 1.01. The normalized spacial score (nSPS) is 20.9. The summed E-state index contributed by atoms with van der Waals surface area (Å²) in [4.78, 5) is 11.6. The van der Waals surface area contributed by atoms with Crippen molar-refractivity contribution >= 4 is 29.8 Å². The fraction of sp³-hybridized carbons (Fsp3) is 0.364. The molecule has 0 saturated carbocycles. The first-order valence-corrected chi connectivity index (χ1v) is 5.17. The van der Waals surface area contributed by atoms with E-state index >= 15 is 0 Å². The van der Waals surface area contributed by atoms with Gasteiger partial charge in [0.15, 0.2) is 5.78 Å². The first-order valence-electron chi connectivity index (χ1n) is 4.79. The van der Waals surface area contributed by atoms with Crippen molar-refractivity contribution in [2.45, 2.75) is 18.9 Å². The maximum absolute atomic E-state index is 11.6. The average molecular weight is 246 g/mol. The largest absolute Gasteiger partial charge is 0.304 e. The molecule has 0 bridgehead atoms. The first-order chi connectivity index (χ1) is 6.77. The molecule has 1 N–H and O–H groups in total. The lowest BCUT2D eigenvalue weighted by atomic mass is 9.96. The van der Waals surface area contributed by atoms with Crippen molar-refractivity contribution < 1.29 is 4.79 Å². The van der Waals surface area contributed by atoms with Crippen LogP contribution in [0, 0.1) is 0 Å². The third-order valence-electron chi connectivity index (χ3n) is 2.47. The highest BCUT2D eigenvalue weighted by Crippen LogP contribution is 2.21. The number of hydrogen-bond acceptors (Lipinski definition) is 2. The van der Waals surface area contributed by atoms with Gasteiger partial charge in [0.25, 0.3) is 0 Å². The predicted octanol–water partition coefficient (Wildman–Crippen LogP) is 2.76. The van der Waals surface area contributed by atoms with Crippen LogP contribution in [0.4, 0.5) is 0 Å². The van der Waals surface area contributed by atoms with Gasteiger partial charge < -0.3 is 5.32 Å². The monoisotopic (exact) mass is 245 g/mol. The second kappa shape index (κ2) is 5.50. The van der Waals surface area contributed by atoms with Crippen LogP contribution in [0.2, 0.25) is 5.02 Å². The molecule has 0 aliphatic carbocycles. The highest BCUT2D eigenvalue weighted by atomic mass is 35.5. The third-order valence-corrected chi connectivity index (χ3v) is 2.73. The number of nitrogens with one attached hydrogen (secondary N) is 1. The molecule has 1 unspecified atom stereocenters. The number of halogens is 2. The number of benzene rings is 1. The fourth-order valence-corrected chi connectivity index (χ4v) is 1.85. The maximum atomic E-state index is 11.6. The van der Waals surface area contributed by atoms with Crippen molar-refractivity contribution in [2.24, 2.45) is 0 Å². The van der Waals surface area contributed by atoms with Gasteiger partial charge in [-0.2, -0.15) is 0 Å². The maximum Gasteiger partial charge on any atom is 0.154 e. The van der Waals surface area contributed by atoms with Gasteiger partial charge in [-0.3, -0.25) is 4.79 Å². The Kier molecular flexibility index (Phi) is 4.58. The third kappa shape index (κ3) is 2.94. The molecule has 4 heteroatoms. The molecule has 15 heavy (non-hydrogen) atoms. The Bertz CT molecular complexity index is 337. The smallest absolute Gasteiger partial charge is 0.154 e. The van der Waals surface area contributed by atoms with Gasteiger partial charge in [0.05, 0.1) is 6.04 Å². The van der Waals surface area contributed by atoms with E-state index in [1.54, 1.807) is 0 Å². The van der Waals surface area contributed by atoms with E-state index in [0.717, 1.165) is 18.5 Å². The lowest BCUT2D eigenvalue weighted by Gasteiger charge is -2.22. The van der Waals surface area contributed by atoms with E-state index in [2.05, 4.69) is 5.32 Å². The van der Waals surface area contributed by atoms with Gasteiger partial charge in [0, 0.05) is 11.4 Å². The van der Waals surface area contributed by atoms with Crippen LogP contribution in [-0.4, -0.2) is 12.3 Å². The Morgan fingerprint density at radius 1 is 1.27 bits per heavy atom. The van der Waals surface area contributed by atoms with E-state index in [-0.39, 0.29) is 24.2 Å². The average Bonchev–Trinajstić information content (AvgIpc) is 2.20. The molecule has 1 saturated heterocycles. The number of carbonyl (C=O) groups is 1. The molecule has 1 aromatic rings. The molecular weight excluding hydrogens is 233 g/mol. The Labute approximate surface area is 100 Å². The fourth-order valence-electron chi connectivity index (χ4n) is 1.73. The summed E-state index contributed by atoms with van der Waals surface area (Å²) in [5, 5.41) is 3.92. The zero-order valence-electron chi connectivity index (χ0n) is 8.20. The molecule has 0 spiro atoms. The summed E-state index contributed by atoms with van der Waals surface area (Å²) in [6, 6.07) is 7.33. The Morgan fingerprint density at radius 2 is 1.93 bits per heavy atom.